The largest absolute Gasteiger partial charge is 0.389 e. The molecule has 0 aliphatic carbocycles. The van der Waals surface area contributed by atoms with Gasteiger partial charge < -0.3 is 18.8 Å². The van der Waals surface area contributed by atoms with Gasteiger partial charge in [0.2, 0.25) is 0 Å². The predicted molar refractivity (Wildman–Crippen MR) is 87.9 cm³/mol. The van der Waals surface area contributed by atoms with E-state index in [1.165, 1.54) is 0 Å². The van der Waals surface area contributed by atoms with Crippen LogP contribution in [0.4, 0.5) is 13.2 Å². The van der Waals surface area contributed by atoms with E-state index in [2.05, 4.69) is 10.2 Å². The van der Waals surface area contributed by atoms with Crippen molar-refractivity contribution in [3.8, 4) is 0 Å². The fourth-order valence-electron chi connectivity index (χ4n) is 3.76. The SMILES string of the molecule is Cn1cccc1C(=O)N1CCC2(C1)Cn1c(CCC(F)(F)F)nnc1CO2. The second kappa shape index (κ2) is 6.36. The van der Waals surface area contributed by atoms with Crippen LogP contribution < -0.4 is 0 Å². The number of ether oxygens (including phenoxy) is 1. The molecule has 2 aliphatic rings. The summed E-state index contributed by atoms with van der Waals surface area (Å²) in [6.07, 6.45) is -2.94. The van der Waals surface area contributed by atoms with Crippen molar-refractivity contribution in [2.75, 3.05) is 13.1 Å². The molecule has 2 aromatic heterocycles. The summed E-state index contributed by atoms with van der Waals surface area (Å²) in [6.45, 7) is 1.48. The van der Waals surface area contributed by atoms with Gasteiger partial charge in [0.1, 0.15) is 23.7 Å². The van der Waals surface area contributed by atoms with E-state index >= 15 is 0 Å². The molecule has 27 heavy (non-hydrogen) atoms. The fraction of sp³-hybridized carbons (Fsp3) is 0.588. The van der Waals surface area contributed by atoms with Crippen LogP contribution in [0.3, 0.4) is 0 Å². The maximum Gasteiger partial charge on any atom is 0.389 e. The number of halogens is 3. The van der Waals surface area contributed by atoms with Gasteiger partial charge in [0, 0.05) is 26.2 Å². The smallest absolute Gasteiger partial charge is 0.363 e. The maximum atomic E-state index is 12.7. The van der Waals surface area contributed by atoms with Crippen LogP contribution in [0.2, 0.25) is 0 Å². The van der Waals surface area contributed by atoms with Gasteiger partial charge in [0.25, 0.3) is 5.91 Å². The molecule has 0 aromatic carbocycles. The maximum absolute atomic E-state index is 12.7. The Hall–Kier alpha value is -2.36. The second-order valence-electron chi connectivity index (χ2n) is 7.19. The summed E-state index contributed by atoms with van der Waals surface area (Å²) in [4.78, 5) is 14.5. The van der Waals surface area contributed by atoms with Crippen LogP contribution in [0.15, 0.2) is 18.3 Å². The molecule has 10 heteroatoms. The Morgan fingerprint density at radius 1 is 1.33 bits per heavy atom. The standard InChI is InChI=1S/C17H20F3N5O2/c1-23-7-2-3-12(23)15(26)24-8-6-16(10-24)11-25-13(4-5-17(18,19)20)21-22-14(25)9-27-16/h2-3,7H,4-6,8-11H2,1H3. The molecular weight excluding hydrogens is 363 g/mol. The van der Waals surface area contributed by atoms with E-state index in [9.17, 15) is 18.0 Å². The Bertz CT molecular complexity index is 859. The third-order valence-corrected chi connectivity index (χ3v) is 5.26. The molecule has 0 N–H and O–H groups in total. The minimum atomic E-state index is -4.24. The lowest BCUT2D eigenvalue weighted by Gasteiger charge is -2.34. The van der Waals surface area contributed by atoms with Gasteiger partial charge in [-0.05, 0) is 18.6 Å². The molecule has 4 rings (SSSR count). The summed E-state index contributed by atoms with van der Waals surface area (Å²) < 4.78 is 47.1. The quantitative estimate of drug-likeness (QED) is 0.813. The lowest BCUT2D eigenvalue weighted by atomic mass is 10.0. The number of amides is 1. The molecule has 0 bridgehead atoms. The highest BCUT2D eigenvalue weighted by atomic mass is 19.4. The summed E-state index contributed by atoms with van der Waals surface area (Å²) >= 11 is 0. The zero-order valence-electron chi connectivity index (χ0n) is 14.9. The average Bonchev–Trinajstić information content (AvgIpc) is 3.31. The van der Waals surface area contributed by atoms with Gasteiger partial charge in [-0.15, -0.1) is 10.2 Å². The minimum Gasteiger partial charge on any atom is -0.363 e. The minimum absolute atomic E-state index is 0.0742. The Kier molecular flexibility index (Phi) is 4.25. The van der Waals surface area contributed by atoms with E-state index < -0.39 is 18.2 Å². The summed E-state index contributed by atoms with van der Waals surface area (Å²) in [5, 5.41) is 7.87. The van der Waals surface area contributed by atoms with Gasteiger partial charge in [-0.3, -0.25) is 4.79 Å². The molecule has 1 unspecified atom stereocenters. The van der Waals surface area contributed by atoms with Gasteiger partial charge in [0.15, 0.2) is 5.82 Å². The number of nitrogens with zero attached hydrogens (tertiary/aromatic N) is 5. The Balaban J connectivity index is 1.48. The van der Waals surface area contributed by atoms with Crippen LogP contribution in [0.1, 0.15) is 35.0 Å². The summed E-state index contributed by atoms with van der Waals surface area (Å²) in [5.74, 6) is 0.775. The number of alkyl halides is 3. The molecule has 0 saturated carbocycles. The van der Waals surface area contributed by atoms with Crippen molar-refractivity contribution < 1.29 is 22.7 Å². The highest BCUT2D eigenvalue weighted by Gasteiger charge is 2.45. The molecule has 1 saturated heterocycles. The van der Waals surface area contributed by atoms with E-state index in [4.69, 9.17) is 4.74 Å². The number of hydrogen-bond donors (Lipinski definition) is 0. The highest BCUT2D eigenvalue weighted by molar-refractivity contribution is 5.93. The van der Waals surface area contributed by atoms with Gasteiger partial charge in [-0.2, -0.15) is 13.2 Å². The summed E-state index contributed by atoms with van der Waals surface area (Å²) in [7, 11) is 1.81. The summed E-state index contributed by atoms with van der Waals surface area (Å²) in [6, 6.07) is 3.58. The highest BCUT2D eigenvalue weighted by Crippen LogP contribution is 2.34. The number of likely N-dealkylation sites (tertiary alicyclic amines) is 1. The van der Waals surface area contributed by atoms with Crippen molar-refractivity contribution >= 4 is 5.91 Å². The van der Waals surface area contributed by atoms with Gasteiger partial charge in [0.05, 0.1) is 19.5 Å². The first-order valence-corrected chi connectivity index (χ1v) is 8.79. The first-order chi connectivity index (χ1) is 12.8. The third-order valence-electron chi connectivity index (χ3n) is 5.26. The third kappa shape index (κ3) is 3.45. The number of fused-ring (bicyclic) bond motifs is 1. The van der Waals surface area contributed by atoms with Crippen LogP contribution >= 0.6 is 0 Å². The number of carbonyl (C=O) groups excluding carboxylic acids is 1. The van der Waals surface area contributed by atoms with Crippen molar-refractivity contribution in [2.24, 2.45) is 7.05 Å². The Morgan fingerprint density at radius 3 is 2.85 bits per heavy atom. The Morgan fingerprint density at radius 2 is 2.15 bits per heavy atom. The first-order valence-electron chi connectivity index (χ1n) is 8.79. The number of aromatic nitrogens is 4. The molecule has 2 aliphatic heterocycles. The predicted octanol–water partition coefficient (Wildman–Crippen LogP) is 1.93. The molecule has 1 spiro atoms. The van der Waals surface area contributed by atoms with Gasteiger partial charge in [-0.1, -0.05) is 0 Å². The van der Waals surface area contributed by atoms with Crippen LogP contribution in [-0.4, -0.2) is 55.0 Å². The van der Waals surface area contributed by atoms with Crippen molar-refractivity contribution in [1.29, 1.82) is 0 Å². The normalized spacial score (nSPS) is 22.4. The molecule has 1 fully saturated rings. The van der Waals surface area contributed by atoms with Crippen molar-refractivity contribution in [3.05, 3.63) is 35.7 Å². The molecular formula is C17H20F3N5O2. The number of rotatable bonds is 3. The van der Waals surface area contributed by atoms with E-state index in [0.29, 0.717) is 43.4 Å². The molecule has 4 heterocycles. The van der Waals surface area contributed by atoms with E-state index in [1.807, 2.05) is 19.3 Å². The zero-order valence-corrected chi connectivity index (χ0v) is 14.9. The molecule has 1 atom stereocenters. The summed E-state index contributed by atoms with van der Waals surface area (Å²) in [5.41, 5.74) is -0.0119. The molecule has 7 nitrogen and oxygen atoms in total. The number of hydrogen-bond acceptors (Lipinski definition) is 4. The fourth-order valence-corrected chi connectivity index (χ4v) is 3.76. The van der Waals surface area contributed by atoms with Crippen LogP contribution in [0.25, 0.3) is 0 Å². The molecule has 2 aromatic rings. The van der Waals surface area contributed by atoms with Crippen LogP contribution in [0.5, 0.6) is 0 Å². The molecule has 0 radical (unpaired) electrons. The zero-order chi connectivity index (χ0) is 19.2. The van der Waals surface area contributed by atoms with Crippen molar-refractivity contribution in [3.63, 3.8) is 0 Å². The number of carbonyl (C=O) groups is 1. The topological polar surface area (TPSA) is 65.2 Å². The Labute approximate surface area is 153 Å². The van der Waals surface area contributed by atoms with E-state index in [0.717, 1.165) is 0 Å². The first kappa shape index (κ1) is 18.0. The van der Waals surface area contributed by atoms with Gasteiger partial charge >= 0.3 is 6.18 Å². The molecule has 146 valence electrons. The van der Waals surface area contributed by atoms with Crippen molar-refractivity contribution in [2.45, 2.75) is 44.2 Å². The second-order valence-corrected chi connectivity index (χ2v) is 7.19. The molecule has 1 amide bonds. The van der Waals surface area contributed by atoms with E-state index in [1.54, 1.807) is 20.1 Å². The lowest BCUT2D eigenvalue weighted by molar-refractivity contribution is -0.134. The monoisotopic (exact) mass is 383 g/mol. The van der Waals surface area contributed by atoms with E-state index in [-0.39, 0.29) is 18.9 Å². The van der Waals surface area contributed by atoms with Crippen LogP contribution in [0, 0.1) is 0 Å². The van der Waals surface area contributed by atoms with Crippen molar-refractivity contribution in [1.82, 2.24) is 24.2 Å². The van der Waals surface area contributed by atoms with Crippen LogP contribution in [-0.2, 0) is 31.4 Å². The average molecular weight is 383 g/mol. The number of aryl methyl sites for hydroxylation is 2. The lowest BCUT2D eigenvalue weighted by Crippen LogP contribution is -2.45. The van der Waals surface area contributed by atoms with Gasteiger partial charge in [-0.25, -0.2) is 0 Å².